The maximum Gasteiger partial charge on any atom is 0.323 e. The first-order valence-electron chi connectivity index (χ1n) is 4.99. The van der Waals surface area contributed by atoms with E-state index in [-0.39, 0.29) is 12.6 Å². The summed E-state index contributed by atoms with van der Waals surface area (Å²) in [6.45, 7) is 1.97. The summed E-state index contributed by atoms with van der Waals surface area (Å²) in [5.41, 5.74) is 0.812. The molecule has 0 aliphatic carbocycles. The fourth-order valence-electron chi connectivity index (χ4n) is 1.35. The lowest BCUT2D eigenvalue weighted by Gasteiger charge is -2.22. The monoisotopic (exact) mass is 257 g/mol. The molecule has 0 saturated carbocycles. The molecule has 0 aromatic carbocycles. The van der Waals surface area contributed by atoms with Gasteiger partial charge in [-0.25, -0.2) is 9.78 Å². The third-order valence-electron chi connectivity index (χ3n) is 2.09. The summed E-state index contributed by atoms with van der Waals surface area (Å²) in [7, 11) is 3.08. The highest BCUT2D eigenvalue weighted by molar-refractivity contribution is 7.09. The normalized spacial score (nSPS) is 10.1. The maximum absolute atomic E-state index is 11.8. The fourth-order valence-corrected chi connectivity index (χ4v) is 1.96. The van der Waals surface area contributed by atoms with Gasteiger partial charge < -0.3 is 14.9 Å². The Kier molecular flexibility index (Phi) is 4.45. The van der Waals surface area contributed by atoms with Crippen LogP contribution in [0.4, 0.5) is 4.79 Å². The van der Waals surface area contributed by atoms with Gasteiger partial charge in [-0.05, 0) is 6.92 Å². The number of hydrogen-bond acceptors (Lipinski definition) is 4. The van der Waals surface area contributed by atoms with Gasteiger partial charge in [0.2, 0.25) is 0 Å². The van der Waals surface area contributed by atoms with Crippen LogP contribution in [0.15, 0.2) is 5.38 Å². The van der Waals surface area contributed by atoms with E-state index in [1.165, 1.54) is 23.3 Å². The fraction of sp³-hybridized carbons (Fsp3) is 0.500. The molecule has 0 aliphatic rings. The van der Waals surface area contributed by atoms with Crippen LogP contribution in [0.5, 0.6) is 0 Å². The first-order chi connectivity index (χ1) is 7.90. The number of rotatable bonds is 4. The second-order valence-electron chi connectivity index (χ2n) is 3.75. The minimum Gasteiger partial charge on any atom is -0.480 e. The molecule has 94 valence electrons. The number of hydrogen-bond donors (Lipinski definition) is 1. The lowest BCUT2D eigenvalue weighted by molar-refractivity contribution is -0.137. The minimum atomic E-state index is -1.03. The quantitative estimate of drug-likeness (QED) is 0.874. The molecule has 0 radical (unpaired) electrons. The van der Waals surface area contributed by atoms with E-state index in [1.54, 1.807) is 7.05 Å². The third kappa shape index (κ3) is 4.03. The van der Waals surface area contributed by atoms with Gasteiger partial charge in [0.25, 0.3) is 0 Å². The molecular weight excluding hydrogens is 242 g/mol. The van der Waals surface area contributed by atoms with Crippen molar-refractivity contribution in [1.82, 2.24) is 14.8 Å². The van der Waals surface area contributed by atoms with E-state index >= 15 is 0 Å². The van der Waals surface area contributed by atoms with E-state index in [4.69, 9.17) is 5.11 Å². The summed E-state index contributed by atoms with van der Waals surface area (Å²) in [6, 6.07) is -0.335. The molecule has 1 heterocycles. The SMILES string of the molecule is Cc1nc(CN(C)C(=O)N(C)CC(=O)O)cs1. The van der Waals surface area contributed by atoms with Crippen LogP contribution < -0.4 is 0 Å². The molecule has 0 bridgehead atoms. The molecule has 6 nitrogen and oxygen atoms in total. The van der Waals surface area contributed by atoms with Crippen molar-refractivity contribution in [2.45, 2.75) is 13.5 Å². The number of urea groups is 1. The standard InChI is InChI=1S/C10H15N3O3S/c1-7-11-8(6-17-7)4-12(2)10(16)13(3)5-9(14)15/h6H,4-5H2,1-3H3,(H,14,15). The second-order valence-corrected chi connectivity index (χ2v) is 4.81. The number of thiazole rings is 1. The lowest BCUT2D eigenvalue weighted by Crippen LogP contribution is -2.40. The number of carboxylic acid groups (broad SMARTS) is 1. The van der Waals surface area contributed by atoms with Gasteiger partial charge in [-0.15, -0.1) is 11.3 Å². The number of aliphatic carboxylic acids is 1. The van der Waals surface area contributed by atoms with Crippen LogP contribution in [0.25, 0.3) is 0 Å². The van der Waals surface area contributed by atoms with Gasteiger partial charge in [0.1, 0.15) is 6.54 Å². The number of carbonyl (C=O) groups is 2. The largest absolute Gasteiger partial charge is 0.480 e. The molecule has 0 saturated heterocycles. The zero-order chi connectivity index (χ0) is 13.0. The van der Waals surface area contributed by atoms with Crippen molar-refractivity contribution in [3.05, 3.63) is 16.1 Å². The molecule has 0 fully saturated rings. The van der Waals surface area contributed by atoms with E-state index in [9.17, 15) is 9.59 Å². The van der Waals surface area contributed by atoms with Crippen molar-refractivity contribution in [3.63, 3.8) is 0 Å². The molecule has 0 unspecified atom stereocenters. The Balaban J connectivity index is 2.55. The molecule has 0 atom stereocenters. The average Bonchev–Trinajstić information content (AvgIpc) is 2.61. The molecule has 1 aromatic heterocycles. The summed E-state index contributed by atoms with van der Waals surface area (Å²) in [4.78, 5) is 29.1. The average molecular weight is 257 g/mol. The van der Waals surface area contributed by atoms with Crippen molar-refractivity contribution in [1.29, 1.82) is 0 Å². The smallest absolute Gasteiger partial charge is 0.323 e. The predicted molar refractivity (Wildman–Crippen MR) is 64.0 cm³/mol. The first kappa shape index (κ1) is 13.4. The van der Waals surface area contributed by atoms with Crippen LogP contribution in [0.1, 0.15) is 10.7 Å². The molecule has 2 amide bonds. The van der Waals surface area contributed by atoms with Gasteiger partial charge >= 0.3 is 12.0 Å². The Hall–Kier alpha value is -1.63. The molecule has 1 aromatic rings. The Labute approximate surface area is 103 Å². The predicted octanol–water partition coefficient (Wildman–Crippen LogP) is 1.02. The summed E-state index contributed by atoms with van der Waals surface area (Å²) in [6.07, 6.45) is 0. The molecule has 0 spiro atoms. The van der Waals surface area contributed by atoms with Crippen molar-refractivity contribution >= 4 is 23.3 Å². The Bertz CT molecular complexity index is 419. The number of aromatic nitrogens is 1. The highest BCUT2D eigenvalue weighted by Gasteiger charge is 2.17. The van der Waals surface area contributed by atoms with Gasteiger partial charge in [-0.2, -0.15) is 0 Å². The van der Waals surface area contributed by atoms with Crippen LogP contribution in [0.3, 0.4) is 0 Å². The van der Waals surface area contributed by atoms with Gasteiger partial charge in [0.15, 0.2) is 0 Å². The first-order valence-corrected chi connectivity index (χ1v) is 5.87. The van der Waals surface area contributed by atoms with Crippen molar-refractivity contribution in [3.8, 4) is 0 Å². The zero-order valence-electron chi connectivity index (χ0n) is 10.0. The molecule has 1 N–H and O–H groups in total. The minimum absolute atomic E-state index is 0.306. The number of nitrogens with zero attached hydrogens (tertiary/aromatic N) is 3. The number of likely N-dealkylation sites (N-methyl/N-ethyl adjacent to an activating group) is 1. The Morgan fingerprint density at radius 1 is 1.41 bits per heavy atom. The van der Waals surface area contributed by atoms with E-state index in [2.05, 4.69) is 4.98 Å². The van der Waals surface area contributed by atoms with Gasteiger partial charge in [0.05, 0.1) is 17.2 Å². The molecule has 0 aliphatic heterocycles. The van der Waals surface area contributed by atoms with Crippen LogP contribution in [0.2, 0.25) is 0 Å². The van der Waals surface area contributed by atoms with E-state index in [0.717, 1.165) is 15.6 Å². The number of aryl methyl sites for hydroxylation is 1. The third-order valence-corrected chi connectivity index (χ3v) is 2.91. The summed E-state index contributed by atoms with van der Waals surface area (Å²) in [5, 5.41) is 11.4. The van der Waals surface area contributed by atoms with Crippen LogP contribution in [-0.4, -0.2) is 52.5 Å². The molecule has 7 heteroatoms. The summed E-state index contributed by atoms with van der Waals surface area (Å²) >= 11 is 1.52. The number of amides is 2. The van der Waals surface area contributed by atoms with Crippen LogP contribution in [-0.2, 0) is 11.3 Å². The van der Waals surface area contributed by atoms with Crippen molar-refractivity contribution in [2.75, 3.05) is 20.6 Å². The van der Waals surface area contributed by atoms with E-state index < -0.39 is 5.97 Å². The second kappa shape index (κ2) is 5.62. The zero-order valence-corrected chi connectivity index (χ0v) is 10.8. The Morgan fingerprint density at radius 3 is 2.53 bits per heavy atom. The molecular formula is C10H15N3O3S. The van der Waals surface area contributed by atoms with Crippen LogP contribution in [0, 0.1) is 6.92 Å². The maximum atomic E-state index is 11.8. The number of carboxylic acids is 1. The highest BCUT2D eigenvalue weighted by Crippen LogP contribution is 2.10. The topological polar surface area (TPSA) is 73.7 Å². The summed E-state index contributed by atoms with van der Waals surface area (Å²) in [5.74, 6) is -1.03. The van der Waals surface area contributed by atoms with Crippen LogP contribution >= 0.6 is 11.3 Å². The lowest BCUT2D eigenvalue weighted by atomic mass is 10.4. The molecule has 1 rings (SSSR count). The van der Waals surface area contributed by atoms with Gasteiger partial charge in [-0.3, -0.25) is 4.79 Å². The Morgan fingerprint density at radius 2 is 2.06 bits per heavy atom. The van der Waals surface area contributed by atoms with Crippen molar-refractivity contribution < 1.29 is 14.7 Å². The highest BCUT2D eigenvalue weighted by atomic mass is 32.1. The van der Waals surface area contributed by atoms with Gasteiger partial charge in [0, 0.05) is 19.5 Å². The van der Waals surface area contributed by atoms with Gasteiger partial charge in [-0.1, -0.05) is 0 Å². The van der Waals surface area contributed by atoms with E-state index in [1.807, 2.05) is 12.3 Å². The molecule has 17 heavy (non-hydrogen) atoms. The van der Waals surface area contributed by atoms with Crippen molar-refractivity contribution in [2.24, 2.45) is 0 Å². The summed E-state index contributed by atoms with van der Waals surface area (Å²) < 4.78 is 0. The van der Waals surface area contributed by atoms with E-state index in [0.29, 0.717) is 6.54 Å². The number of carbonyl (C=O) groups excluding carboxylic acids is 1.